The molecule has 10 heteroatoms. The monoisotopic (exact) mass is 587 g/mol. The highest BCUT2D eigenvalue weighted by Gasteiger charge is 2.34. The second kappa shape index (κ2) is 12.4. The van der Waals surface area contributed by atoms with Crippen LogP contribution < -0.4 is 9.62 Å². The minimum absolute atomic E-state index is 0.00977. The first kappa shape index (κ1) is 31.1. The minimum Gasteiger partial charge on any atom is -0.350 e. The van der Waals surface area contributed by atoms with Crippen LogP contribution in [-0.2, 0) is 26.2 Å². The zero-order chi connectivity index (χ0) is 29.8. The summed E-state index contributed by atoms with van der Waals surface area (Å²) in [4.78, 5) is 28.3. The Morgan fingerprint density at radius 1 is 1.00 bits per heavy atom. The number of hydrogen-bond acceptors (Lipinski definition) is 4. The van der Waals surface area contributed by atoms with Crippen LogP contribution in [0, 0.1) is 19.7 Å². The number of nitrogens with zero attached hydrogens (tertiary/aromatic N) is 2. The molecule has 0 aliphatic carbocycles. The molecule has 0 saturated heterocycles. The number of carbonyl (C=O) groups excluding carboxylic acids is 2. The van der Waals surface area contributed by atoms with E-state index >= 15 is 0 Å². The normalized spacial score (nSPS) is 12.5. The van der Waals surface area contributed by atoms with Gasteiger partial charge in [-0.1, -0.05) is 53.6 Å². The predicted octanol–water partition coefficient (Wildman–Crippen LogP) is 5.62. The quantitative estimate of drug-likeness (QED) is 0.352. The maximum atomic E-state index is 14.7. The van der Waals surface area contributed by atoms with Crippen molar-refractivity contribution < 1.29 is 22.4 Å². The fraction of sp³-hybridized carbons (Fsp3) is 0.333. The Hall–Kier alpha value is -3.43. The van der Waals surface area contributed by atoms with Gasteiger partial charge in [-0.2, -0.15) is 0 Å². The maximum absolute atomic E-state index is 14.7. The summed E-state index contributed by atoms with van der Waals surface area (Å²) in [6, 6.07) is 16.0. The maximum Gasteiger partial charge on any atom is 0.264 e. The van der Waals surface area contributed by atoms with Gasteiger partial charge in [-0.25, -0.2) is 12.8 Å². The summed E-state index contributed by atoms with van der Waals surface area (Å²) in [5, 5.41) is 3.13. The summed E-state index contributed by atoms with van der Waals surface area (Å²) in [5.74, 6) is -1.68. The van der Waals surface area contributed by atoms with Crippen LogP contribution in [0.15, 0.2) is 71.6 Å². The number of anilines is 1. The van der Waals surface area contributed by atoms with Crippen LogP contribution in [0.1, 0.15) is 44.4 Å². The average molecular weight is 588 g/mol. The van der Waals surface area contributed by atoms with Crippen molar-refractivity contribution in [1.82, 2.24) is 10.2 Å². The molecule has 0 aliphatic rings. The Labute approximate surface area is 241 Å². The smallest absolute Gasteiger partial charge is 0.264 e. The Balaban J connectivity index is 2.09. The summed E-state index contributed by atoms with van der Waals surface area (Å²) in [6.45, 7) is 9.61. The Morgan fingerprint density at radius 2 is 1.62 bits per heavy atom. The second-order valence-corrected chi connectivity index (χ2v) is 13.1. The molecule has 1 N–H and O–H groups in total. The van der Waals surface area contributed by atoms with E-state index < -0.39 is 45.8 Å². The van der Waals surface area contributed by atoms with E-state index in [1.54, 1.807) is 58.0 Å². The van der Waals surface area contributed by atoms with Crippen molar-refractivity contribution in [3.05, 3.63) is 94.3 Å². The van der Waals surface area contributed by atoms with E-state index in [4.69, 9.17) is 11.6 Å². The molecule has 0 aliphatic heterocycles. The number of aryl methyl sites for hydroxylation is 2. The fourth-order valence-electron chi connectivity index (χ4n) is 4.07. The second-order valence-electron chi connectivity index (χ2n) is 10.8. The summed E-state index contributed by atoms with van der Waals surface area (Å²) < 4.78 is 43.5. The number of nitrogens with one attached hydrogen (secondary N) is 1. The first-order chi connectivity index (χ1) is 18.6. The molecular formula is C30H35ClFN3O4S. The van der Waals surface area contributed by atoms with Gasteiger partial charge in [-0.3, -0.25) is 13.9 Å². The van der Waals surface area contributed by atoms with E-state index in [1.165, 1.54) is 48.2 Å². The van der Waals surface area contributed by atoms with Crippen molar-refractivity contribution in [2.45, 2.75) is 64.6 Å². The van der Waals surface area contributed by atoms with Gasteiger partial charge in [0.2, 0.25) is 11.8 Å². The van der Waals surface area contributed by atoms with Crippen LogP contribution in [0.25, 0.3) is 0 Å². The summed E-state index contributed by atoms with van der Waals surface area (Å²) in [6.07, 6.45) is 0. The lowest BCUT2D eigenvalue weighted by atomic mass is 10.1. The van der Waals surface area contributed by atoms with E-state index in [1.807, 2.05) is 6.92 Å². The van der Waals surface area contributed by atoms with Gasteiger partial charge in [0.1, 0.15) is 18.4 Å². The molecular weight excluding hydrogens is 553 g/mol. The van der Waals surface area contributed by atoms with E-state index in [0.717, 1.165) is 9.87 Å². The van der Waals surface area contributed by atoms with Crippen LogP contribution >= 0.6 is 11.6 Å². The van der Waals surface area contributed by atoms with Gasteiger partial charge < -0.3 is 10.2 Å². The van der Waals surface area contributed by atoms with Gasteiger partial charge in [0.15, 0.2) is 0 Å². The number of halogens is 2. The summed E-state index contributed by atoms with van der Waals surface area (Å²) in [7, 11) is -4.24. The van der Waals surface area contributed by atoms with Crippen molar-refractivity contribution in [3.63, 3.8) is 0 Å². The molecule has 0 spiro atoms. The largest absolute Gasteiger partial charge is 0.350 e. The lowest BCUT2D eigenvalue weighted by Crippen LogP contribution is -2.54. The SMILES string of the molecule is Cc1ccc(S(=O)(=O)N(CC(=O)N(Cc2ccccc2F)[C@@H](C)C(=O)NC(C)(C)C)c2cc(Cl)ccc2C)cc1. The van der Waals surface area contributed by atoms with Gasteiger partial charge >= 0.3 is 0 Å². The molecule has 0 aromatic heterocycles. The molecule has 0 heterocycles. The average Bonchev–Trinajstić information content (AvgIpc) is 2.87. The van der Waals surface area contributed by atoms with Gasteiger partial charge in [0.05, 0.1) is 10.6 Å². The van der Waals surface area contributed by atoms with Gasteiger partial charge in [-0.15, -0.1) is 0 Å². The molecule has 0 unspecified atom stereocenters. The number of hydrogen-bond donors (Lipinski definition) is 1. The van der Waals surface area contributed by atoms with Gasteiger partial charge in [0.25, 0.3) is 10.0 Å². The first-order valence-corrected chi connectivity index (χ1v) is 14.6. The number of benzene rings is 3. The van der Waals surface area contributed by atoms with Crippen LogP contribution in [0.4, 0.5) is 10.1 Å². The van der Waals surface area contributed by atoms with Crippen LogP contribution in [0.5, 0.6) is 0 Å². The van der Waals surface area contributed by atoms with Crippen LogP contribution in [-0.4, -0.2) is 43.3 Å². The lowest BCUT2D eigenvalue weighted by Gasteiger charge is -2.34. The van der Waals surface area contributed by atoms with Crippen LogP contribution in [0.3, 0.4) is 0 Å². The van der Waals surface area contributed by atoms with Crippen molar-refractivity contribution in [1.29, 1.82) is 0 Å². The van der Waals surface area contributed by atoms with E-state index in [0.29, 0.717) is 10.6 Å². The molecule has 3 aromatic carbocycles. The molecule has 214 valence electrons. The molecule has 2 amide bonds. The third-order valence-corrected chi connectivity index (χ3v) is 8.30. The third-order valence-electron chi connectivity index (χ3n) is 6.29. The highest BCUT2D eigenvalue weighted by Crippen LogP contribution is 2.30. The number of carbonyl (C=O) groups is 2. The summed E-state index contributed by atoms with van der Waals surface area (Å²) >= 11 is 6.24. The predicted molar refractivity (Wildman–Crippen MR) is 156 cm³/mol. The zero-order valence-corrected chi connectivity index (χ0v) is 25.1. The molecule has 7 nitrogen and oxygen atoms in total. The number of amides is 2. The Kier molecular flexibility index (Phi) is 9.64. The highest BCUT2D eigenvalue weighted by molar-refractivity contribution is 7.92. The molecule has 0 radical (unpaired) electrons. The molecule has 3 aromatic rings. The topological polar surface area (TPSA) is 86.8 Å². The van der Waals surface area contributed by atoms with Crippen molar-refractivity contribution in [2.24, 2.45) is 0 Å². The Bertz CT molecular complexity index is 1490. The third kappa shape index (κ3) is 7.61. The fourth-order valence-corrected chi connectivity index (χ4v) is 5.71. The molecule has 0 fully saturated rings. The lowest BCUT2D eigenvalue weighted by molar-refractivity contribution is -0.140. The zero-order valence-electron chi connectivity index (χ0n) is 23.5. The van der Waals surface area contributed by atoms with E-state index in [-0.39, 0.29) is 22.7 Å². The van der Waals surface area contributed by atoms with Crippen LogP contribution in [0.2, 0.25) is 5.02 Å². The minimum atomic E-state index is -4.24. The van der Waals surface area contributed by atoms with Gasteiger partial charge in [-0.05, 0) is 77.4 Å². The number of rotatable bonds is 9. The molecule has 1 atom stereocenters. The number of sulfonamides is 1. The van der Waals surface area contributed by atoms with Crippen molar-refractivity contribution in [2.75, 3.05) is 10.8 Å². The van der Waals surface area contributed by atoms with E-state index in [9.17, 15) is 22.4 Å². The standard InChI is InChI=1S/C30H35ClFN3O4S/c1-20-11-15-25(16-12-20)40(38,39)35(27-17-24(31)14-13-21(27)2)19-28(36)34(18-23-9-7-8-10-26(23)32)22(3)29(37)33-30(4,5)6/h7-17,22H,18-19H2,1-6H3,(H,33,37)/t22-/m0/s1. The summed E-state index contributed by atoms with van der Waals surface area (Å²) in [5.41, 5.74) is 1.27. The van der Waals surface area contributed by atoms with Crippen molar-refractivity contribution >= 4 is 39.1 Å². The molecule has 0 saturated carbocycles. The van der Waals surface area contributed by atoms with Crippen molar-refractivity contribution in [3.8, 4) is 0 Å². The highest BCUT2D eigenvalue weighted by atomic mass is 35.5. The molecule has 40 heavy (non-hydrogen) atoms. The van der Waals surface area contributed by atoms with E-state index in [2.05, 4.69) is 5.32 Å². The Morgan fingerprint density at radius 3 is 2.23 bits per heavy atom. The molecule has 3 rings (SSSR count). The van der Waals surface area contributed by atoms with Gasteiger partial charge in [0, 0.05) is 22.7 Å². The molecule has 0 bridgehead atoms. The first-order valence-electron chi connectivity index (χ1n) is 12.8.